The van der Waals surface area contributed by atoms with E-state index in [0.29, 0.717) is 47.1 Å². The summed E-state index contributed by atoms with van der Waals surface area (Å²) >= 11 is 5.98. The van der Waals surface area contributed by atoms with Gasteiger partial charge >= 0.3 is 0 Å². The molecule has 30 heavy (non-hydrogen) atoms. The molecule has 0 spiro atoms. The van der Waals surface area contributed by atoms with E-state index in [1.165, 1.54) is 12.1 Å². The van der Waals surface area contributed by atoms with Crippen molar-refractivity contribution < 1.29 is 13.9 Å². The Morgan fingerprint density at radius 3 is 2.83 bits per heavy atom. The Labute approximate surface area is 176 Å². The molecular weight excluding hydrogens is 411 g/mol. The molecule has 8 nitrogen and oxygen atoms in total. The van der Waals surface area contributed by atoms with Crippen molar-refractivity contribution in [1.82, 2.24) is 24.1 Å². The lowest BCUT2D eigenvalue weighted by atomic mass is 10.1. The maximum atomic E-state index is 13.7. The SMILES string of the molecule is COCCn1cnc(-c2ccc(F)c(Cl)c2)c1-c1ccc2ncc(CC(N)=O)n2n1. The zero-order valence-electron chi connectivity index (χ0n) is 16.0. The monoisotopic (exact) mass is 428 g/mol. The van der Waals surface area contributed by atoms with Gasteiger partial charge in [0.15, 0.2) is 5.65 Å². The van der Waals surface area contributed by atoms with Crippen LogP contribution in [-0.2, 0) is 22.5 Å². The van der Waals surface area contributed by atoms with Gasteiger partial charge in [0.1, 0.15) is 11.5 Å². The predicted molar refractivity (Wildman–Crippen MR) is 109 cm³/mol. The number of fused-ring (bicyclic) bond motifs is 1. The molecule has 0 saturated heterocycles. The molecule has 10 heteroatoms. The zero-order valence-corrected chi connectivity index (χ0v) is 16.8. The van der Waals surface area contributed by atoms with Crippen LogP contribution < -0.4 is 5.73 Å². The summed E-state index contributed by atoms with van der Waals surface area (Å²) in [5.41, 5.74) is 9.04. The number of primary amides is 1. The van der Waals surface area contributed by atoms with E-state index >= 15 is 0 Å². The van der Waals surface area contributed by atoms with Gasteiger partial charge in [0.25, 0.3) is 0 Å². The number of hydrogen-bond donors (Lipinski definition) is 1. The summed E-state index contributed by atoms with van der Waals surface area (Å²) in [6.07, 6.45) is 3.26. The van der Waals surface area contributed by atoms with Crippen molar-refractivity contribution in [2.24, 2.45) is 5.73 Å². The summed E-state index contributed by atoms with van der Waals surface area (Å²) < 4.78 is 22.3. The van der Waals surface area contributed by atoms with Gasteiger partial charge in [-0.15, -0.1) is 0 Å². The number of hydrogen-bond acceptors (Lipinski definition) is 5. The van der Waals surface area contributed by atoms with Gasteiger partial charge in [-0.25, -0.2) is 18.9 Å². The van der Waals surface area contributed by atoms with E-state index < -0.39 is 11.7 Å². The summed E-state index contributed by atoms with van der Waals surface area (Å²) in [5.74, 6) is -0.981. The molecule has 0 aliphatic carbocycles. The Bertz CT molecular complexity index is 1240. The minimum atomic E-state index is -0.505. The number of aromatic nitrogens is 5. The largest absolute Gasteiger partial charge is 0.383 e. The highest BCUT2D eigenvalue weighted by Crippen LogP contribution is 2.32. The first-order valence-corrected chi connectivity index (χ1v) is 9.47. The molecule has 0 radical (unpaired) electrons. The highest BCUT2D eigenvalue weighted by molar-refractivity contribution is 6.31. The Balaban J connectivity index is 1.88. The van der Waals surface area contributed by atoms with Crippen LogP contribution in [0.5, 0.6) is 0 Å². The highest BCUT2D eigenvalue weighted by atomic mass is 35.5. The van der Waals surface area contributed by atoms with E-state index in [9.17, 15) is 9.18 Å². The molecule has 0 unspecified atom stereocenters. The number of rotatable bonds is 7. The van der Waals surface area contributed by atoms with Gasteiger partial charge < -0.3 is 15.0 Å². The first-order chi connectivity index (χ1) is 14.5. The van der Waals surface area contributed by atoms with Crippen molar-refractivity contribution in [2.75, 3.05) is 13.7 Å². The van der Waals surface area contributed by atoms with E-state index in [0.717, 1.165) is 0 Å². The second-order valence-corrected chi connectivity index (χ2v) is 7.05. The van der Waals surface area contributed by atoms with E-state index in [1.54, 1.807) is 36.3 Å². The maximum Gasteiger partial charge on any atom is 0.223 e. The Hall–Kier alpha value is -3.30. The van der Waals surface area contributed by atoms with Crippen molar-refractivity contribution in [3.05, 3.63) is 59.4 Å². The summed E-state index contributed by atoms with van der Waals surface area (Å²) in [6, 6.07) is 8.04. The second-order valence-electron chi connectivity index (χ2n) is 6.64. The van der Waals surface area contributed by atoms with Crippen molar-refractivity contribution in [2.45, 2.75) is 13.0 Å². The van der Waals surface area contributed by atoms with Crippen LogP contribution in [0, 0.1) is 5.82 Å². The molecule has 3 aromatic heterocycles. The van der Waals surface area contributed by atoms with Crippen LogP contribution >= 0.6 is 11.6 Å². The average Bonchev–Trinajstić information content (AvgIpc) is 3.32. The fraction of sp³-hybridized carbons (Fsp3) is 0.200. The lowest BCUT2D eigenvalue weighted by molar-refractivity contribution is -0.117. The fourth-order valence-corrected chi connectivity index (χ4v) is 3.39. The molecule has 0 aliphatic heterocycles. The van der Waals surface area contributed by atoms with Crippen LogP contribution in [0.15, 0.2) is 42.9 Å². The topological polar surface area (TPSA) is 100 Å². The van der Waals surface area contributed by atoms with Gasteiger partial charge in [-0.1, -0.05) is 11.6 Å². The number of halogens is 2. The van der Waals surface area contributed by atoms with E-state index in [1.807, 2.05) is 10.6 Å². The smallest absolute Gasteiger partial charge is 0.223 e. The van der Waals surface area contributed by atoms with Crippen LogP contribution in [0.2, 0.25) is 5.02 Å². The Morgan fingerprint density at radius 1 is 1.27 bits per heavy atom. The normalized spacial score (nSPS) is 11.3. The molecule has 4 rings (SSSR count). The molecule has 0 atom stereocenters. The first-order valence-electron chi connectivity index (χ1n) is 9.09. The standard InChI is InChI=1S/C20H18ClFN6O2/c1-30-7-6-27-11-25-19(12-2-3-15(22)14(21)8-12)20(27)16-4-5-18-24-10-13(9-17(23)29)28(18)26-16/h2-5,8,10-11H,6-7,9H2,1H3,(H2,23,29). The van der Waals surface area contributed by atoms with E-state index in [2.05, 4.69) is 15.1 Å². The molecule has 4 aromatic rings. The number of imidazole rings is 2. The van der Waals surface area contributed by atoms with Gasteiger partial charge in [-0.2, -0.15) is 5.10 Å². The summed E-state index contributed by atoms with van der Waals surface area (Å²) in [6.45, 7) is 0.999. The molecule has 1 aromatic carbocycles. The molecule has 0 aliphatic rings. The molecule has 1 amide bonds. The van der Waals surface area contributed by atoms with Crippen molar-refractivity contribution in [3.8, 4) is 22.6 Å². The van der Waals surface area contributed by atoms with Crippen LogP contribution in [-0.4, -0.2) is 43.8 Å². The summed E-state index contributed by atoms with van der Waals surface area (Å²) in [5, 5.41) is 4.67. The van der Waals surface area contributed by atoms with Crippen molar-refractivity contribution >= 4 is 23.2 Å². The van der Waals surface area contributed by atoms with Gasteiger partial charge in [0.2, 0.25) is 5.91 Å². The van der Waals surface area contributed by atoms with Gasteiger partial charge in [0.05, 0.1) is 47.7 Å². The number of nitrogens with two attached hydrogens (primary N) is 1. The maximum absolute atomic E-state index is 13.7. The molecular formula is C20H18ClFN6O2. The third-order valence-electron chi connectivity index (χ3n) is 4.60. The van der Waals surface area contributed by atoms with Crippen LogP contribution in [0.3, 0.4) is 0 Å². The predicted octanol–water partition coefficient (Wildman–Crippen LogP) is 2.73. The summed E-state index contributed by atoms with van der Waals surface area (Å²) in [4.78, 5) is 20.1. The molecule has 0 fully saturated rings. The highest BCUT2D eigenvalue weighted by Gasteiger charge is 2.19. The van der Waals surface area contributed by atoms with E-state index in [-0.39, 0.29) is 11.4 Å². The van der Waals surface area contributed by atoms with Crippen molar-refractivity contribution in [1.29, 1.82) is 0 Å². The van der Waals surface area contributed by atoms with Gasteiger partial charge in [-0.05, 0) is 30.3 Å². The lowest BCUT2D eigenvalue weighted by Crippen LogP contribution is -2.15. The number of ether oxygens (including phenoxy) is 1. The minimum Gasteiger partial charge on any atom is -0.383 e. The fourth-order valence-electron chi connectivity index (χ4n) is 3.21. The first kappa shape index (κ1) is 20.0. The van der Waals surface area contributed by atoms with Crippen LogP contribution in [0.25, 0.3) is 28.3 Å². The number of amides is 1. The lowest BCUT2D eigenvalue weighted by Gasteiger charge is -2.11. The Kier molecular flexibility index (Phi) is 5.47. The second kappa shape index (κ2) is 8.21. The van der Waals surface area contributed by atoms with Crippen molar-refractivity contribution in [3.63, 3.8) is 0 Å². The number of benzene rings is 1. The quantitative estimate of drug-likeness (QED) is 0.487. The number of nitrogens with zero attached hydrogens (tertiary/aromatic N) is 5. The molecule has 0 saturated carbocycles. The van der Waals surface area contributed by atoms with Gasteiger partial charge in [-0.3, -0.25) is 4.79 Å². The van der Waals surface area contributed by atoms with E-state index in [4.69, 9.17) is 22.1 Å². The third kappa shape index (κ3) is 3.77. The number of carbonyl (C=O) groups is 1. The summed E-state index contributed by atoms with van der Waals surface area (Å²) in [7, 11) is 1.61. The number of carbonyl (C=O) groups excluding carboxylic acids is 1. The van der Waals surface area contributed by atoms with Crippen LogP contribution in [0.4, 0.5) is 4.39 Å². The molecule has 3 heterocycles. The van der Waals surface area contributed by atoms with Crippen LogP contribution in [0.1, 0.15) is 5.69 Å². The van der Waals surface area contributed by atoms with Gasteiger partial charge in [0, 0.05) is 19.2 Å². The zero-order chi connectivity index (χ0) is 21.3. The minimum absolute atomic E-state index is 0.00616. The third-order valence-corrected chi connectivity index (χ3v) is 4.89. The molecule has 0 bridgehead atoms. The average molecular weight is 429 g/mol. The number of methoxy groups -OCH3 is 1. The molecule has 2 N–H and O–H groups in total. The molecule has 154 valence electrons. The Morgan fingerprint density at radius 2 is 2.10 bits per heavy atom.